The van der Waals surface area contributed by atoms with Crippen molar-refractivity contribution in [3.63, 3.8) is 0 Å². The molecule has 1 fully saturated rings. The second-order valence-electron chi connectivity index (χ2n) is 6.19. The molecule has 3 heterocycles. The predicted molar refractivity (Wildman–Crippen MR) is 92.7 cm³/mol. The van der Waals surface area contributed by atoms with E-state index >= 15 is 0 Å². The van der Waals surface area contributed by atoms with Gasteiger partial charge >= 0.3 is 0 Å². The van der Waals surface area contributed by atoms with Crippen LogP contribution in [0.25, 0.3) is 11.2 Å². The summed E-state index contributed by atoms with van der Waals surface area (Å²) >= 11 is 0. The van der Waals surface area contributed by atoms with Gasteiger partial charge in [-0.3, -0.25) is 4.79 Å². The molecular formula is C17H18FN7O. The number of rotatable bonds is 5. The van der Waals surface area contributed by atoms with Gasteiger partial charge in [0.2, 0.25) is 5.91 Å². The lowest BCUT2D eigenvalue weighted by Crippen LogP contribution is -2.54. The summed E-state index contributed by atoms with van der Waals surface area (Å²) in [5.74, 6) is 0.123. The topological polar surface area (TPSA) is 88.8 Å². The normalized spacial score (nSPS) is 14.5. The first-order chi connectivity index (χ1) is 12.7. The Hall–Kier alpha value is -3.10. The van der Waals surface area contributed by atoms with Crippen molar-refractivity contribution in [1.82, 2.24) is 30.3 Å². The van der Waals surface area contributed by atoms with E-state index in [1.807, 2.05) is 11.8 Å². The predicted octanol–water partition coefficient (Wildman–Crippen LogP) is 1.13. The average Bonchev–Trinajstić information content (AvgIpc) is 3.04. The van der Waals surface area contributed by atoms with Crippen LogP contribution < -0.4 is 10.2 Å². The molecule has 1 aromatic carbocycles. The maximum atomic E-state index is 13.6. The lowest BCUT2D eigenvalue weighted by molar-refractivity contribution is -0.125. The smallest absolute Gasteiger partial charge is 0.226 e. The van der Waals surface area contributed by atoms with Crippen LogP contribution in [0.15, 0.2) is 30.6 Å². The van der Waals surface area contributed by atoms with E-state index in [-0.39, 0.29) is 24.2 Å². The van der Waals surface area contributed by atoms with Crippen molar-refractivity contribution < 1.29 is 9.18 Å². The second-order valence-corrected chi connectivity index (χ2v) is 6.19. The molecule has 26 heavy (non-hydrogen) atoms. The Bertz CT molecular complexity index is 951. The van der Waals surface area contributed by atoms with Crippen molar-refractivity contribution in [2.24, 2.45) is 5.92 Å². The molecule has 1 amide bonds. The fraction of sp³-hybridized carbons (Fsp3) is 0.353. The Labute approximate surface area is 149 Å². The maximum Gasteiger partial charge on any atom is 0.226 e. The highest BCUT2D eigenvalue weighted by Crippen LogP contribution is 2.27. The number of nitrogens with zero attached hydrogens (tertiary/aromatic N) is 6. The SMILES string of the molecule is CCn1nnc2c(N3CC(C(=O)NCc4ccccc4F)C3)ncnc21. The zero-order valence-electron chi connectivity index (χ0n) is 14.3. The summed E-state index contributed by atoms with van der Waals surface area (Å²) in [7, 11) is 0. The van der Waals surface area contributed by atoms with E-state index in [2.05, 4.69) is 25.6 Å². The molecule has 1 aliphatic rings. The summed E-state index contributed by atoms with van der Waals surface area (Å²) in [4.78, 5) is 22.8. The van der Waals surface area contributed by atoms with Gasteiger partial charge in [-0.1, -0.05) is 23.4 Å². The van der Waals surface area contributed by atoms with Crippen molar-refractivity contribution in [1.29, 1.82) is 0 Å². The van der Waals surface area contributed by atoms with E-state index in [0.29, 0.717) is 42.2 Å². The Morgan fingerprint density at radius 3 is 2.88 bits per heavy atom. The number of halogens is 1. The van der Waals surface area contributed by atoms with E-state index in [1.165, 1.54) is 12.4 Å². The summed E-state index contributed by atoms with van der Waals surface area (Å²) in [6.07, 6.45) is 1.48. The molecule has 1 aliphatic heterocycles. The minimum atomic E-state index is -0.314. The number of hydrogen-bond acceptors (Lipinski definition) is 6. The minimum Gasteiger partial charge on any atom is -0.353 e. The van der Waals surface area contributed by atoms with Gasteiger partial charge in [-0.05, 0) is 13.0 Å². The maximum absolute atomic E-state index is 13.6. The second kappa shape index (κ2) is 6.66. The lowest BCUT2D eigenvalue weighted by atomic mass is 9.99. The molecule has 0 spiro atoms. The molecular weight excluding hydrogens is 337 g/mol. The summed E-state index contributed by atoms with van der Waals surface area (Å²) in [6.45, 7) is 3.90. The Balaban J connectivity index is 1.39. The van der Waals surface area contributed by atoms with E-state index < -0.39 is 0 Å². The Morgan fingerprint density at radius 2 is 2.12 bits per heavy atom. The molecule has 0 radical (unpaired) electrons. The van der Waals surface area contributed by atoms with Crippen LogP contribution in [0.2, 0.25) is 0 Å². The van der Waals surface area contributed by atoms with Crippen LogP contribution in [0.3, 0.4) is 0 Å². The number of carbonyl (C=O) groups excluding carboxylic acids is 1. The van der Waals surface area contributed by atoms with E-state index in [0.717, 1.165) is 0 Å². The van der Waals surface area contributed by atoms with Gasteiger partial charge in [-0.2, -0.15) is 0 Å². The van der Waals surface area contributed by atoms with E-state index in [9.17, 15) is 9.18 Å². The molecule has 0 atom stereocenters. The van der Waals surface area contributed by atoms with Crippen LogP contribution in [0.1, 0.15) is 12.5 Å². The van der Waals surface area contributed by atoms with Crippen molar-refractivity contribution in [2.75, 3.05) is 18.0 Å². The molecule has 8 nitrogen and oxygen atoms in total. The van der Waals surface area contributed by atoms with Crippen LogP contribution in [-0.2, 0) is 17.9 Å². The highest BCUT2D eigenvalue weighted by Gasteiger charge is 2.35. The van der Waals surface area contributed by atoms with Crippen LogP contribution in [0, 0.1) is 11.7 Å². The van der Waals surface area contributed by atoms with Crippen molar-refractivity contribution in [3.8, 4) is 0 Å². The molecule has 9 heteroatoms. The van der Waals surface area contributed by atoms with Gasteiger partial charge in [-0.15, -0.1) is 5.10 Å². The highest BCUT2D eigenvalue weighted by atomic mass is 19.1. The molecule has 2 aromatic heterocycles. The van der Waals surface area contributed by atoms with Gasteiger partial charge < -0.3 is 10.2 Å². The Morgan fingerprint density at radius 1 is 1.31 bits per heavy atom. The zero-order chi connectivity index (χ0) is 18.1. The average molecular weight is 355 g/mol. The number of aromatic nitrogens is 5. The van der Waals surface area contributed by atoms with Gasteiger partial charge in [0, 0.05) is 31.7 Å². The fourth-order valence-corrected chi connectivity index (χ4v) is 3.01. The summed E-state index contributed by atoms with van der Waals surface area (Å²) in [5, 5.41) is 11.0. The highest BCUT2D eigenvalue weighted by molar-refractivity contribution is 5.86. The third-order valence-corrected chi connectivity index (χ3v) is 4.54. The quantitative estimate of drug-likeness (QED) is 0.738. The van der Waals surface area contributed by atoms with Gasteiger partial charge in [0.15, 0.2) is 17.0 Å². The number of benzene rings is 1. The van der Waals surface area contributed by atoms with Crippen LogP contribution in [0.4, 0.5) is 10.2 Å². The molecule has 0 saturated carbocycles. The zero-order valence-corrected chi connectivity index (χ0v) is 14.3. The van der Waals surface area contributed by atoms with Crippen molar-refractivity contribution in [2.45, 2.75) is 20.0 Å². The Kier molecular flexibility index (Phi) is 4.19. The standard InChI is InChI=1S/C17H18FN7O/c1-2-25-16-14(22-23-25)15(20-10-21-16)24-8-12(9-24)17(26)19-7-11-5-3-4-6-13(11)18/h3-6,10,12H,2,7-9H2,1H3,(H,19,26). The molecule has 0 aliphatic carbocycles. The van der Waals surface area contributed by atoms with Crippen LogP contribution in [-0.4, -0.2) is 44.0 Å². The number of nitrogens with one attached hydrogen (secondary N) is 1. The third kappa shape index (κ3) is 2.85. The van der Waals surface area contributed by atoms with Gasteiger partial charge in [-0.25, -0.2) is 19.0 Å². The summed E-state index contributed by atoms with van der Waals surface area (Å²) in [5.41, 5.74) is 1.80. The number of aryl methyl sites for hydroxylation is 1. The van der Waals surface area contributed by atoms with Crippen LogP contribution >= 0.6 is 0 Å². The summed E-state index contributed by atoms with van der Waals surface area (Å²) < 4.78 is 15.3. The molecule has 4 rings (SSSR count). The first-order valence-corrected chi connectivity index (χ1v) is 8.47. The molecule has 1 saturated heterocycles. The minimum absolute atomic E-state index is 0.0907. The molecule has 1 N–H and O–H groups in total. The van der Waals surface area contributed by atoms with Gasteiger partial charge in [0.05, 0.1) is 5.92 Å². The van der Waals surface area contributed by atoms with Crippen LogP contribution in [0.5, 0.6) is 0 Å². The monoisotopic (exact) mass is 355 g/mol. The van der Waals surface area contributed by atoms with Gasteiger partial charge in [0.25, 0.3) is 0 Å². The largest absolute Gasteiger partial charge is 0.353 e. The van der Waals surface area contributed by atoms with Crippen molar-refractivity contribution >= 4 is 22.9 Å². The number of carbonyl (C=O) groups is 1. The number of fused-ring (bicyclic) bond motifs is 1. The van der Waals surface area contributed by atoms with Gasteiger partial charge in [0.1, 0.15) is 12.1 Å². The first kappa shape index (κ1) is 16.4. The number of amides is 1. The molecule has 0 bridgehead atoms. The van der Waals surface area contributed by atoms with Crippen molar-refractivity contribution in [3.05, 3.63) is 42.0 Å². The molecule has 3 aromatic rings. The number of hydrogen-bond donors (Lipinski definition) is 1. The summed E-state index contributed by atoms with van der Waals surface area (Å²) in [6, 6.07) is 6.43. The molecule has 134 valence electrons. The first-order valence-electron chi connectivity index (χ1n) is 8.47. The fourth-order valence-electron chi connectivity index (χ4n) is 3.01. The van der Waals surface area contributed by atoms with E-state index in [1.54, 1.807) is 22.9 Å². The molecule has 0 unspecified atom stereocenters. The van der Waals surface area contributed by atoms with E-state index in [4.69, 9.17) is 0 Å². The lowest BCUT2D eigenvalue weighted by Gasteiger charge is -2.38. The third-order valence-electron chi connectivity index (χ3n) is 4.54. The number of anilines is 1.